The fraction of sp³-hybridized carbons (Fsp3) is 0.545. The number of nitrogens with zero attached hydrogens (tertiary/aromatic N) is 2. The minimum absolute atomic E-state index is 0.180. The van der Waals surface area contributed by atoms with Gasteiger partial charge in [-0.15, -0.1) is 11.3 Å². The number of hydrogen-bond acceptors (Lipinski definition) is 4. The van der Waals surface area contributed by atoms with Crippen LogP contribution in [0.5, 0.6) is 0 Å². The highest BCUT2D eigenvalue weighted by atomic mass is 32.2. The largest absolute Gasteiger partial charge is 0.344 e. The minimum atomic E-state index is -3.47. The standard InChI is InChI=1S/C11H18N2O3S2/c1-5-13(6-2)18(15,16)9-7-10(17-8-9)11(14)12(3)4/h7-8H,5-6H2,1-4H3. The first kappa shape index (κ1) is 15.1. The first-order chi connectivity index (χ1) is 8.34. The zero-order chi connectivity index (χ0) is 13.9. The lowest BCUT2D eigenvalue weighted by molar-refractivity contribution is 0.0832. The molecule has 0 aromatic carbocycles. The van der Waals surface area contributed by atoms with E-state index < -0.39 is 10.0 Å². The van der Waals surface area contributed by atoms with E-state index in [1.54, 1.807) is 27.9 Å². The summed E-state index contributed by atoms with van der Waals surface area (Å²) in [6.45, 7) is 4.43. The molecule has 0 saturated heterocycles. The van der Waals surface area contributed by atoms with Gasteiger partial charge < -0.3 is 4.90 Å². The van der Waals surface area contributed by atoms with E-state index in [1.807, 2.05) is 0 Å². The molecule has 0 aliphatic rings. The van der Waals surface area contributed by atoms with Gasteiger partial charge in [-0.3, -0.25) is 4.79 Å². The maximum Gasteiger partial charge on any atom is 0.263 e. The monoisotopic (exact) mass is 290 g/mol. The molecule has 0 aliphatic carbocycles. The highest BCUT2D eigenvalue weighted by Gasteiger charge is 2.24. The van der Waals surface area contributed by atoms with Crippen molar-refractivity contribution < 1.29 is 13.2 Å². The molecule has 0 aliphatic heterocycles. The summed E-state index contributed by atoms with van der Waals surface area (Å²) in [5, 5.41) is 1.52. The Morgan fingerprint density at radius 2 is 1.83 bits per heavy atom. The highest BCUT2D eigenvalue weighted by Crippen LogP contribution is 2.23. The van der Waals surface area contributed by atoms with Gasteiger partial charge in [0.1, 0.15) is 0 Å². The molecule has 1 aromatic rings. The Morgan fingerprint density at radius 3 is 2.28 bits per heavy atom. The van der Waals surface area contributed by atoms with Gasteiger partial charge in [-0.1, -0.05) is 13.8 Å². The van der Waals surface area contributed by atoms with Gasteiger partial charge >= 0.3 is 0 Å². The van der Waals surface area contributed by atoms with Crippen LogP contribution in [0.2, 0.25) is 0 Å². The third kappa shape index (κ3) is 2.90. The summed E-state index contributed by atoms with van der Waals surface area (Å²) in [5.41, 5.74) is 0. The summed E-state index contributed by atoms with van der Waals surface area (Å²) < 4.78 is 25.8. The van der Waals surface area contributed by atoms with Crippen LogP contribution in [0, 0.1) is 0 Å². The van der Waals surface area contributed by atoms with E-state index in [1.165, 1.54) is 20.7 Å². The van der Waals surface area contributed by atoms with Crippen molar-refractivity contribution in [2.75, 3.05) is 27.2 Å². The minimum Gasteiger partial charge on any atom is -0.344 e. The molecule has 18 heavy (non-hydrogen) atoms. The van der Waals surface area contributed by atoms with E-state index in [0.717, 1.165) is 11.3 Å². The molecule has 1 amide bonds. The molecule has 0 unspecified atom stereocenters. The van der Waals surface area contributed by atoms with Gasteiger partial charge in [-0.05, 0) is 6.07 Å². The van der Waals surface area contributed by atoms with Crippen molar-refractivity contribution in [1.29, 1.82) is 0 Å². The lowest BCUT2D eigenvalue weighted by Crippen LogP contribution is -2.30. The molecule has 1 heterocycles. The van der Waals surface area contributed by atoms with Gasteiger partial charge in [0.15, 0.2) is 0 Å². The summed E-state index contributed by atoms with van der Waals surface area (Å²) in [6.07, 6.45) is 0. The second-order valence-electron chi connectivity index (χ2n) is 3.94. The Morgan fingerprint density at radius 1 is 1.28 bits per heavy atom. The van der Waals surface area contributed by atoms with Crippen molar-refractivity contribution in [3.05, 3.63) is 16.3 Å². The first-order valence-electron chi connectivity index (χ1n) is 5.64. The number of carbonyl (C=O) groups is 1. The third-order valence-electron chi connectivity index (χ3n) is 2.54. The van der Waals surface area contributed by atoms with Crippen molar-refractivity contribution in [3.8, 4) is 0 Å². The quantitative estimate of drug-likeness (QED) is 0.825. The second kappa shape index (κ2) is 5.81. The third-order valence-corrected chi connectivity index (χ3v) is 5.63. The maximum absolute atomic E-state index is 12.2. The van der Waals surface area contributed by atoms with Gasteiger partial charge in [0, 0.05) is 32.6 Å². The van der Waals surface area contributed by atoms with E-state index in [-0.39, 0.29) is 10.8 Å². The lowest BCUT2D eigenvalue weighted by atomic mass is 10.4. The van der Waals surface area contributed by atoms with Crippen LogP contribution in [0.1, 0.15) is 23.5 Å². The van der Waals surface area contributed by atoms with Crippen LogP contribution in [0.15, 0.2) is 16.3 Å². The Bertz CT molecular complexity index is 516. The van der Waals surface area contributed by atoms with Crippen LogP contribution in [-0.4, -0.2) is 50.7 Å². The number of rotatable bonds is 5. The van der Waals surface area contributed by atoms with Gasteiger partial charge in [0.2, 0.25) is 10.0 Å². The van der Waals surface area contributed by atoms with Crippen LogP contribution in [0.3, 0.4) is 0 Å². The number of carbonyl (C=O) groups excluding carboxylic acids is 1. The molecule has 0 radical (unpaired) electrons. The molecule has 0 saturated carbocycles. The Labute approximate surface area is 112 Å². The van der Waals surface area contributed by atoms with Gasteiger partial charge in [0.05, 0.1) is 9.77 Å². The van der Waals surface area contributed by atoms with Crippen LogP contribution >= 0.6 is 11.3 Å². The molecular weight excluding hydrogens is 272 g/mol. The molecule has 7 heteroatoms. The number of hydrogen-bond donors (Lipinski definition) is 0. The van der Waals surface area contributed by atoms with Crippen molar-refractivity contribution in [2.24, 2.45) is 0 Å². The topological polar surface area (TPSA) is 57.7 Å². The average Bonchev–Trinajstić information content (AvgIpc) is 2.78. The number of thiophene rings is 1. The fourth-order valence-corrected chi connectivity index (χ4v) is 4.24. The zero-order valence-corrected chi connectivity index (χ0v) is 12.6. The van der Waals surface area contributed by atoms with Crippen molar-refractivity contribution in [3.63, 3.8) is 0 Å². The highest BCUT2D eigenvalue weighted by molar-refractivity contribution is 7.89. The SMILES string of the molecule is CCN(CC)S(=O)(=O)c1csc(C(=O)N(C)C)c1. The molecule has 0 bridgehead atoms. The predicted molar refractivity (Wildman–Crippen MR) is 72.4 cm³/mol. The maximum atomic E-state index is 12.2. The Kier molecular flexibility index (Phi) is 4.89. The van der Waals surface area contributed by atoms with Crippen molar-refractivity contribution >= 4 is 27.3 Å². The van der Waals surface area contributed by atoms with Crippen LogP contribution in [0.4, 0.5) is 0 Å². The van der Waals surface area contributed by atoms with E-state index in [2.05, 4.69) is 0 Å². The predicted octanol–water partition coefficient (Wildman–Crippen LogP) is 1.48. The molecule has 0 spiro atoms. The lowest BCUT2D eigenvalue weighted by Gasteiger charge is -2.17. The van der Waals surface area contributed by atoms with E-state index in [9.17, 15) is 13.2 Å². The van der Waals surface area contributed by atoms with E-state index >= 15 is 0 Å². The van der Waals surface area contributed by atoms with Crippen LogP contribution in [0.25, 0.3) is 0 Å². The molecule has 1 aromatic heterocycles. The summed E-state index contributed by atoms with van der Waals surface area (Å²) >= 11 is 1.15. The van der Waals surface area contributed by atoms with E-state index in [4.69, 9.17) is 0 Å². The zero-order valence-electron chi connectivity index (χ0n) is 11.0. The molecule has 5 nitrogen and oxygen atoms in total. The summed E-state index contributed by atoms with van der Waals surface area (Å²) in [4.78, 5) is 13.8. The molecule has 0 atom stereocenters. The van der Waals surface area contributed by atoms with Gasteiger partial charge in [-0.2, -0.15) is 4.31 Å². The average molecular weight is 290 g/mol. The normalized spacial score (nSPS) is 11.8. The van der Waals surface area contributed by atoms with Crippen molar-refractivity contribution in [2.45, 2.75) is 18.7 Å². The molecule has 0 fully saturated rings. The molecule has 0 N–H and O–H groups in total. The smallest absolute Gasteiger partial charge is 0.263 e. The Hall–Kier alpha value is -0.920. The summed E-state index contributed by atoms with van der Waals surface area (Å²) in [6, 6.07) is 1.45. The number of sulfonamides is 1. The summed E-state index contributed by atoms with van der Waals surface area (Å²) in [7, 11) is -0.188. The number of amides is 1. The van der Waals surface area contributed by atoms with E-state index in [0.29, 0.717) is 18.0 Å². The molecular formula is C11H18N2O3S2. The van der Waals surface area contributed by atoms with Gasteiger partial charge in [-0.25, -0.2) is 8.42 Å². The fourth-order valence-electron chi connectivity index (χ4n) is 1.50. The van der Waals surface area contributed by atoms with Gasteiger partial charge in [0.25, 0.3) is 5.91 Å². The Balaban J connectivity index is 3.09. The van der Waals surface area contributed by atoms with Crippen LogP contribution in [-0.2, 0) is 10.0 Å². The molecule has 1 rings (SSSR count). The molecule has 102 valence electrons. The second-order valence-corrected chi connectivity index (χ2v) is 6.78. The summed E-state index contributed by atoms with van der Waals surface area (Å²) in [5.74, 6) is -0.180. The van der Waals surface area contributed by atoms with Crippen LogP contribution < -0.4 is 0 Å². The van der Waals surface area contributed by atoms with Crippen molar-refractivity contribution in [1.82, 2.24) is 9.21 Å². The first-order valence-corrected chi connectivity index (χ1v) is 7.96.